The molecule has 2 aromatic rings. The van der Waals surface area contributed by atoms with E-state index in [-0.39, 0.29) is 17.1 Å². The number of H-pyrrole nitrogens is 1. The van der Waals surface area contributed by atoms with Crippen LogP contribution in [-0.4, -0.2) is 33.8 Å². The largest absolute Gasteiger partial charge is 0.477 e. The van der Waals surface area contributed by atoms with Crippen molar-refractivity contribution in [1.82, 2.24) is 9.78 Å². The predicted octanol–water partition coefficient (Wildman–Crippen LogP) is -0.307. The third-order valence-corrected chi connectivity index (χ3v) is 3.39. The zero-order valence-corrected chi connectivity index (χ0v) is 10.6. The highest BCUT2D eigenvalue weighted by molar-refractivity contribution is 7.86. The molecular weight excluding hydrogens is 290 g/mol. The van der Waals surface area contributed by atoms with Gasteiger partial charge in [-0.3, -0.25) is 14.4 Å². The molecular formula is C10H9N3O6S. The number of hydrogen-bond acceptors (Lipinski definition) is 5. The number of rotatable bonds is 3. The monoisotopic (exact) mass is 299 g/mol. The second-order valence-corrected chi connectivity index (χ2v) is 5.24. The Balaban J connectivity index is 2.66. The SMILES string of the molecule is Nc1ccc(-n2[nH]c(C(=O)O)cc2=O)cc1S(=O)(=O)O. The van der Waals surface area contributed by atoms with Crippen molar-refractivity contribution in [3.63, 3.8) is 0 Å². The Bertz CT molecular complexity index is 848. The lowest BCUT2D eigenvalue weighted by molar-refractivity contribution is 0.0690. The van der Waals surface area contributed by atoms with E-state index in [0.717, 1.165) is 16.8 Å². The molecule has 0 aliphatic rings. The van der Waals surface area contributed by atoms with Gasteiger partial charge in [0.25, 0.3) is 15.7 Å². The van der Waals surface area contributed by atoms with E-state index in [1.165, 1.54) is 12.1 Å². The van der Waals surface area contributed by atoms with Crippen molar-refractivity contribution >= 4 is 21.8 Å². The van der Waals surface area contributed by atoms with Crippen LogP contribution >= 0.6 is 0 Å². The van der Waals surface area contributed by atoms with Crippen molar-refractivity contribution in [2.24, 2.45) is 0 Å². The molecule has 20 heavy (non-hydrogen) atoms. The molecule has 5 N–H and O–H groups in total. The van der Waals surface area contributed by atoms with Gasteiger partial charge in [-0.1, -0.05) is 0 Å². The summed E-state index contributed by atoms with van der Waals surface area (Å²) in [6.45, 7) is 0. The molecule has 10 heteroatoms. The average Bonchev–Trinajstić information content (AvgIpc) is 2.71. The Hall–Kier alpha value is -2.59. The number of aromatic nitrogens is 2. The fraction of sp³-hybridized carbons (Fsp3) is 0. The van der Waals surface area contributed by atoms with Gasteiger partial charge in [0.05, 0.1) is 11.4 Å². The number of carbonyl (C=O) groups is 1. The maximum absolute atomic E-state index is 11.6. The molecule has 1 aromatic carbocycles. The maximum atomic E-state index is 11.6. The molecule has 106 valence electrons. The highest BCUT2D eigenvalue weighted by Gasteiger charge is 2.17. The van der Waals surface area contributed by atoms with Crippen molar-refractivity contribution in [1.29, 1.82) is 0 Å². The molecule has 0 saturated heterocycles. The first-order valence-corrected chi connectivity index (χ1v) is 6.57. The van der Waals surface area contributed by atoms with Gasteiger partial charge in [0, 0.05) is 6.07 Å². The number of aromatic carboxylic acids is 1. The summed E-state index contributed by atoms with van der Waals surface area (Å²) in [6, 6.07) is 4.26. The Labute approximate surface area is 112 Å². The van der Waals surface area contributed by atoms with E-state index < -0.39 is 26.5 Å². The van der Waals surface area contributed by atoms with E-state index in [1.807, 2.05) is 0 Å². The van der Waals surface area contributed by atoms with Crippen LogP contribution < -0.4 is 11.3 Å². The fourth-order valence-electron chi connectivity index (χ4n) is 1.58. The number of nitrogens with zero attached hydrogens (tertiary/aromatic N) is 1. The second-order valence-electron chi connectivity index (χ2n) is 3.85. The number of hydrogen-bond donors (Lipinski definition) is 4. The number of nitrogens with two attached hydrogens (primary N) is 1. The van der Waals surface area contributed by atoms with Crippen molar-refractivity contribution < 1.29 is 22.9 Å². The minimum Gasteiger partial charge on any atom is -0.477 e. The van der Waals surface area contributed by atoms with E-state index in [1.54, 1.807) is 0 Å². The Morgan fingerprint density at radius 1 is 1.30 bits per heavy atom. The van der Waals surface area contributed by atoms with Crippen molar-refractivity contribution in [3.8, 4) is 5.69 Å². The lowest BCUT2D eigenvalue weighted by Crippen LogP contribution is -2.14. The van der Waals surface area contributed by atoms with E-state index in [0.29, 0.717) is 0 Å². The zero-order chi connectivity index (χ0) is 15.1. The van der Waals surface area contributed by atoms with Crippen LogP contribution in [0.5, 0.6) is 0 Å². The minimum absolute atomic E-state index is 0.0179. The van der Waals surface area contributed by atoms with Crippen LogP contribution in [0.3, 0.4) is 0 Å². The summed E-state index contributed by atoms with van der Waals surface area (Å²) in [5.41, 5.74) is 4.17. The smallest absolute Gasteiger partial charge is 0.353 e. The molecule has 0 atom stereocenters. The summed E-state index contributed by atoms with van der Waals surface area (Å²) in [7, 11) is -4.56. The van der Waals surface area contributed by atoms with Crippen LogP contribution in [0.1, 0.15) is 10.5 Å². The van der Waals surface area contributed by atoms with Crippen LogP contribution in [0.15, 0.2) is 34.0 Å². The molecule has 9 nitrogen and oxygen atoms in total. The number of anilines is 1. The molecule has 0 fully saturated rings. The van der Waals surface area contributed by atoms with E-state index >= 15 is 0 Å². The van der Waals surface area contributed by atoms with E-state index in [9.17, 15) is 18.0 Å². The highest BCUT2D eigenvalue weighted by atomic mass is 32.2. The van der Waals surface area contributed by atoms with Gasteiger partial charge in [-0.25, -0.2) is 9.48 Å². The number of carboxylic acid groups (broad SMARTS) is 1. The molecule has 1 heterocycles. The van der Waals surface area contributed by atoms with Crippen LogP contribution in [0.25, 0.3) is 5.69 Å². The lowest BCUT2D eigenvalue weighted by Gasteiger charge is -2.06. The molecule has 0 saturated carbocycles. The third kappa shape index (κ3) is 2.41. The van der Waals surface area contributed by atoms with Gasteiger partial charge in [0.1, 0.15) is 10.6 Å². The predicted molar refractivity (Wildman–Crippen MR) is 67.6 cm³/mol. The topological polar surface area (TPSA) is 155 Å². The van der Waals surface area contributed by atoms with Crippen LogP contribution in [0, 0.1) is 0 Å². The highest BCUT2D eigenvalue weighted by Crippen LogP contribution is 2.20. The zero-order valence-electron chi connectivity index (χ0n) is 9.77. The van der Waals surface area contributed by atoms with Gasteiger partial charge in [-0.15, -0.1) is 0 Å². The van der Waals surface area contributed by atoms with Crippen LogP contribution in [-0.2, 0) is 10.1 Å². The first-order valence-electron chi connectivity index (χ1n) is 5.13. The third-order valence-electron chi connectivity index (χ3n) is 2.48. The summed E-state index contributed by atoms with van der Waals surface area (Å²) >= 11 is 0. The molecule has 0 aliphatic carbocycles. The summed E-state index contributed by atoms with van der Waals surface area (Å²) in [4.78, 5) is 21.8. The number of benzene rings is 1. The first-order chi connectivity index (χ1) is 9.20. The second kappa shape index (κ2) is 4.51. The molecule has 2 rings (SSSR count). The molecule has 0 aliphatic heterocycles. The number of aromatic amines is 1. The van der Waals surface area contributed by atoms with E-state index in [4.69, 9.17) is 15.4 Å². The van der Waals surface area contributed by atoms with Crippen molar-refractivity contribution in [2.45, 2.75) is 4.90 Å². The normalized spacial score (nSPS) is 11.4. The Kier molecular flexibility index (Phi) is 3.12. The molecule has 1 aromatic heterocycles. The molecule has 0 radical (unpaired) electrons. The quantitative estimate of drug-likeness (QED) is 0.447. The molecule has 0 bridgehead atoms. The average molecular weight is 299 g/mol. The van der Waals surface area contributed by atoms with E-state index in [2.05, 4.69) is 5.10 Å². The standard InChI is InChI=1S/C10H9N3O6S/c11-6-2-1-5(3-8(6)20(17,18)19)13-9(14)4-7(12-13)10(15)16/h1-4,12H,11H2,(H,15,16)(H,17,18,19). The fourth-order valence-corrected chi connectivity index (χ4v) is 2.22. The first kappa shape index (κ1) is 13.8. The summed E-state index contributed by atoms with van der Waals surface area (Å²) in [5.74, 6) is -1.34. The maximum Gasteiger partial charge on any atom is 0.353 e. The number of nitrogens with one attached hydrogen (secondary N) is 1. The van der Waals surface area contributed by atoms with Gasteiger partial charge < -0.3 is 10.8 Å². The summed E-state index contributed by atoms with van der Waals surface area (Å²) in [5, 5.41) is 11.0. The minimum atomic E-state index is -4.56. The Morgan fingerprint density at radius 3 is 2.45 bits per heavy atom. The summed E-state index contributed by atoms with van der Waals surface area (Å²) < 4.78 is 32.1. The number of carboxylic acids is 1. The van der Waals surface area contributed by atoms with Gasteiger partial charge in [0.2, 0.25) is 0 Å². The van der Waals surface area contributed by atoms with Crippen LogP contribution in [0.4, 0.5) is 5.69 Å². The molecule has 0 spiro atoms. The summed E-state index contributed by atoms with van der Waals surface area (Å²) in [6.07, 6.45) is 0. The van der Waals surface area contributed by atoms with Gasteiger partial charge in [0.15, 0.2) is 0 Å². The number of nitrogen functional groups attached to an aromatic ring is 1. The van der Waals surface area contributed by atoms with Crippen molar-refractivity contribution in [3.05, 3.63) is 40.3 Å². The molecule has 0 amide bonds. The van der Waals surface area contributed by atoms with Gasteiger partial charge in [-0.05, 0) is 18.2 Å². The molecule has 0 unspecified atom stereocenters. The van der Waals surface area contributed by atoms with Crippen molar-refractivity contribution in [2.75, 3.05) is 5.73 Å². The van der Waals surface area contributed by atoms with Crippen LogP contribution in [0.2, 0.25) is 0 Å². The van der Waals surface area contributed by atoms with Gasteiger partial charge in [-0.2, -0.15) is 8.42 Å². The van der Waals surface area contributed by atoms with Gasteiger partial charge >= 0.3 is 5.97 Å². The Morgan fingerprint density at radius 2 is 1.95 bits per heavy atom. The lowest BCUT2D eigenvalue weighted by atomic mass is 10.3.